The van der Waals surface area contributed by atoms with Gasteiger partial charge in [-0.25, -0.2) is 4.39 Å². The number of rotatable bonds is 5. The third-order valence-electron chi connectivity index (χ3n) is 4.46. The Kier molecular flexibility index (Phi) is 5.76. The molecule has 8 heteroatoms. The van der Waals surface area contributed by atoms with Crippen LogP contribution in [0.5, 0.6) is 11.5 Å². The molecule has 1 amide bonds. The Morgan fingerprint density at radius 3 is 2.79 bits per heavy atom. The number of amides is 1. The highest BCUT2D eigenvalue weighted by atomic mass is 19.4. The molecule has 1 atom stereocenters. The molecule has 150 valence electrons. The highest BCUT2D eigenvalue weighted by Crippen LogP contribution is 2.36. The molecule has 1 unspecified atom stereocenters. The highest BCUT2D eigenvalue weighted by Gasteiger charge is 2.34. The first-order valence-corrected chi connectivity index (χ1v) is 8.80. The highest BCUT2D eigenvalue weighted by molar-refractivity contribution is 5.79. The van der Waals surface area contributed by atoms with Crippen molar-refractivity contribution in [3.8, 4) is 11.5 Å². The van der Waals surface area contributed by atoms with Gasteiger partial charge in [-0.2, -0.15) is 13.2 Å². The van der Waals surface area contributed by atoms with Crippen molar-refractivity contribution in [1.29, 1.82) is 0 Å². The molecule has 0 saturated heterocycles. The summed E-state index contributed by atoms with van der Waals surface area (Å²) in [6.07, 6.45) is -4.32. The van der Waals surface area contributed by atoms with Gasteiger partial charge in [-0.15, -0.1) is 0 Å². The molecule has 0 spiro atoms. The lowest BCUT2D eigenvalue weighted by atomic mass is 9.95. The largest absolute Gasteiger partial charge is 0.490 e. The molecule has 0 bridgehead atoms. The van der Waals surface area contributed by atoms with Gasteiger partial charge in [-0.3, -0.25) is 4.79 Å². The molecule has 1 N–H and O–H groups in total. The van der Waals surface area contributed by atoms with Crippen molar-refractivity contribution >= 4 is 5.91 Å². The van der Waals surface area contributed by atoms with E-state index in [1.807, 2.05) is 13.0 Å². The zero-order valence-corrected chi connectivity index (χ0v) is 15.1. The van der Waals surface area contributed by atoms with Crippen LogP contribution in [0.4, 0.5) is 17.6 Å². The van der Waals surface area contributed by atoms with Crippen molar-refractivity contribution in [2.24, 2.45) is 5.92 Å². The molecule has 0 fully saturated rings. The Morgan fingerprint density at radius 2 is 2.07 bits per heavy atom. The maximum atomic E-state index is 13.2. The lowest BCUT2D eigenvalue weighted by Crippen LogP contribution is -2.37. The summed E-state index contributed by atoms with van der Waals surface area (Å²) in [4.78, 5) is 12.4. The second-order valence-corrected chi connectivity index (χ2v) is 6.41. The van der Waals surface area contributed by atoms with Crippen molar-refractivity contribution in [2.75, 3.05) is 13.2 Å². The summed E-state index contributed by atoms with van der Waals surface area (Å²) < 4.78 is 63.5. The summed E-state index contributed by atoms with van der Waals surface area (Å²) in [7, 11) is 0. The Bertz CT molecular complexity index is 867. The van der Waals surface area contributed by atoms with E-state index in [-0.39, 0.29) is 18.7 Å². The molecule has 2 aromatic carbocycles. The van der Waals surface area contributed by atoms with E-state index in [0.717, 1.165) is 17.7 Å². The van der Waals surface area contributed by atoms with E-state index in [1.165, 1.54) is 0 Å². The van der Waals surface area contributed by atoms with Crippen LogP contribution in [0.15, 0.2) is 36.4 Å². The standard InChI is InChI=1S/C20H19F4NO3/c1-2-27-17-5-3-4-12-8-14(11-28-18(12)17)19(26)25-10-13-6-7-15(21)9-16(13)20(22,23)24/h3-7,9,14H,2,8,10-11H2,1H3,(H,25,26). The van der Waals surface area contributed by atoms with Crippen LogP contribution in [-0.2, 0) is 23.9 Å². The fourth-order valence-corrected chi connectivity index (χ4v) is 3.13. The van der Waals surface area contributed by atoms with Crippen LogP contribution in [0, 0.1) is 11.7 Å². The van der Waals surface area contributed by atoms with Gasteiger partial charge < -0.3 is 14.8 Å². The van der Waals surface area contributed by atoms with Crippen molar-refractivity contribution in [3.05, 3.63) is 58.9 Å². The van der Waals surface area contributed by atoms with Gasteiger partial charge in [0.1, 0.15) is 12.4 Å². The lowest BCUT2D eigenvalue weighted by molar-refractivity contribution is -0.138. The van der Waals surface area contributed by atoms with Crippen molar-refractivity contribution in [3.63, 3.8) is 0 Å². The molecular weight excluding hydrogens is 378 g/mol. The van der Waals surface area contributed by atoms with Crippen LogP contribution in [-0.4, -0.2) is 19.1 Å². The number of hydrogen-bond acceptors (Lipinski definition) is 3. The van der Waals surface area contributed by atoms with E-state index in [4.69, 9.17) is 9.47 Å². The summed E-state index contributed by atoms with van der Waals surface area (Å²) in [5.41, 5.74) is -0.493. The number of nitrogens with one attached hydrogen (secondary N) is 1. The predicted octanol–water partition coefficient (Wildman–Crippen LogP) is 4.11. The zero-order valence-electron chi connectivity index (χ0n) is 15.1. The minimum atomic E-state index is -4.70. The average molecular weight is 397 g/mol. The minimum Gasteiger partial charge on any atom is -0.490 e. The topological polar surface area (TPSA) is 47.6 Å². The Labute approximate surface area is 159 Å². The monoisotopic (exact) mass is 397 g/mol. The molecule has 3 rings (SSSR count). The van der Waals surface area contributed by atoms with Gasteiger partial charge in [0.25, 0.3) is 0 Å². The van der Waals surface area contributed by atoms with Crippen LogP contribution in [0.25, 0.3) is 0 Å². The number of carbonyl (C=O) groups excluding carboxylic acids is 1. The van der Waals surface area contributed by atoms with E-state index in [2.05, 4.69) is 5.32 Å². The molecule has 28 heavy (non-hydrogen) atoms. The summed E-state index contributed by atoms with van der Waals surface area (Å²) in [6.45, 7) is 2.07. The van der Waals surface area contributed by atoms with Crippen LogP contribution >= 0.6 is 0 Å². The van der Waals surface area contributed by atoms with Crippen LogP contribution in [0.3, 0.4) is 0 Å². The Hall–Kier alpha value is -2.77. The molecule has 1 aliphatic heterocycles. The minimum absolute atomic E-state index is 0.0957. The molecule has 0 aromatic heterocycles. The van der Waals surface area contributed by atoms with Gasteiger partial charge in [0.15, 0.2) is 11.5 Å². The Balaban J connectivity index is 1.68. The van der Waals surface area contributed by atoms with E-state index in [0.29, 0.717) is 30.6 Å². The van der Waals surface area contributed by atoms with E-state index in [1.54, 1.807) is 12.1 Å². The first kappa shape index (κ1) is 20.0. The molecule has 0 aliphatic carbocycles. The lowest BCUT2D eigenvalue weighted by Gasteiger charge is -2.26. The maximum absolute atomic E-state index is 13.2. The first-order chi connectivity index (χ1) is 13.3. The third-order valence-corrected chi connectivity index (χ3v) is 4.46. The fraction of sp³-hybridized carbons (Fsp3) is 0.350. The second kappa shape index (κ2) is 8.08. The van der Waals surface area contributed by atoms with Gasteiger partial charge in [0.2, 0.25) is 5.91 Å². The average Bonchev–Trinajstić information content (AvgIpc) is 2.66. The number of benzene rings is 2. The number of fused-ring (bicyclic) bond motifs is 1. The quantitative estimate of drug-likeness (QED) is 0.773. The number of alkyl halides is 3. The number of carbonyl (C=O) groups is 1. The van der Waals surface area contributed by atoms with Gasteiger partial charge in [-0.05, 0) is 42.7 Å². The number of ether oxygens (including phenoxy) is 2. The molecule has 1 aliphatic rings. The summed E-state index contributed by atoms with van der Waals surface area (Å²) in [5, 5.41) is 2.50. The number of hydrogen-bond donors (Lipinski definition) is 1. The van der Waals surface area contributed by atoms with Crippen molar-refractivity contribution in [2.45, 2.75) is 26.1 Å². The zero-order chi connectivity index (χ0) is 20.3. The number of halogens is 4. The summed E-state index contributed by atoms with van der Waals surface area (Å²) in [6, 6.07) is 7.78. The SMILES string of the molecule is CCOc1cccc2c1OCC(C(=O)NCc1ccc(F)cc1C(F)(F)F)C2. The van der Waals surface area contributed by atoms with Gasteiger partial charge in [0, 0.05) is 6.54 Å². The molecule has 0 radical (unpaired) electrons. The van der Waals surface area contributed by atoms with Crippen LogP contribution < -0.4 is 14.8 Å². The van der Waals surface area contributed by atoms with Crippen LogP contribution in [0.2, 0.25) is 0 Å². The fourth-order valence-electron chi connectivity index (χ4n) is 3.13. The van der Waals surface area contributed by atoms with E-state index in [9.17, 15) is 22.4 Å². The number of para-hydroxylation sites is 1. The normalized spacial score (nSPS) is 16.1. The molecule has 1 heterocycles. The summed E-state index contributed by atoms with van der Waals surface area (Å²) >= 11 is 0. The van der Waals surface area contributed by atoms with E-state index < -0.39 is 29.4 Å². The predicted molar refractivity (Wildman–Crippen MR) is 93.5 cm³/mol. The third kappa shape index (κ3) is 4.37. The maximum Gasteiger partial charge on any atom is 0.416 e. The van der Waals surface area contributed by atoms with Crippen LogP contribution in [0.1, 0.15) is 23.6 Å². The van der Waals surface area contributed by atoms with Gasteiger partial charge >= 0.3 is 6.18 Å². The molecular formula is C20H19F4NO3. The van der Waals surface area contributed by atoms with Crippen molar-refractivity contribution in [1.82, 2.24) is 5.32 Å². The van der Waals surface area contributed by atoms with Gasteiger partial charge in [0.05, 0.1) is 18.1 Å². The smallest absolute Gasteiger partial charge is 0.416 e. The molecule has 4 nitrogen and oxygen atoms in total. The molecule has 0 saturated carbocycles. The van der Waals surface area contributed by atoms with Gasteiger partial charge in [-0.1, -0.05) is 18.2 Å². The van der Waals surface area contributed by atoms with E-state index >= 15 is 0 Å². The summed E-state index contributed by atoms with van der Waals surface area (Å²) in [5.74, 6) is -0.764. The molecule has 2 aromatic rings. The second-order valence-electron chi connectivity index (χ2n) is 6.41. The van der Waals surface area contributed by atoms with Crippen molar-refractivity contribution < 1.29 is 31.8 Å². The first-order valence-electron chi connectivity index (χ1n) is 8.80. The Morgan fingerprint density at radius 1 is 1.29 bits per heavy atom.